The third-order valence-corrected chi connectivity index (χ3v) is 9.63. The number of carbonyl (C=O) groups is 3. The number of aliphatic hydroxyl groups excluding tert-OH is 1. The number of ether oxygens (including phenoxy) is 3. The molecule has 2 fully saturated rings. The zero-order chi connectivity index (χ0) is 42.5. The summed E-state index contributed by atoms with van der Waals surface area (Å²) in [5.74, 6) is 9.90. The van der Waals surface area contributed by atoms with Crippen LogP contribution in [0.5, 0.6) is 0 Å². The average molecular weight is 810 g/mol. The minimum Gasteiger partial charge on any atom is -0.478 e. The number of carbonyl (C=O) groups excluding carboxylic acids is 2. The van der Waals surface area contributed by atoms with E-state index in [1.807, 2.05) is 18.2 Å². The van der Waals surface area contributed by atoms with Crippen molar-refractivity contribution in [3.8, 4) is 23.7 Å². The Morgan fingerprint density at radius 3 is 1.48 bits per heavy atom. The summed E-state index contributed by atoms with van der Waals surface area (Å²) >= 11 is 0. The predicted octanol–water partition coefficient (Wildman–Crippen LogP) is 5.52. The van der Waals surface area contributed by atoms with Crippen LogP contribution in [0.2, 0.25) is 0 Å². The highest BCUT2D eigenvalue weighted by molar-refractivity contribution is 5.97. The lowest BCUT2D eigenvalue weighted by Gasteiger charge is -2.26. The number of morpholine rings is 2. The summed E-state index contributed by atoms with van der Waals surface area (Å²) in [4.78, 5) is 39.6. The van der Waals surface area contributed by atoms with Gasteiger partial charge >= 0.3 is 11.9 Å². The number of nitrogens with one attached hydrogen (secondary N) is 1. The van der Waals surface area contributed by atoms with Gasteiger partial charge in [-0.25, -0.2) is 9.59 Å². The standard InChI is InChI=1S/C27H30N2O5.C22H21NO3/c1-20(30)25(27(32)33-2)28-26(31)24-13-11-22(12-14-24)6-4-3-5-21-7-9-23(10-8-21)19-29-15-17-34-18-16-29;24-22(25)21-11-9-19(10-12-21)4-2-1-3-18-5-7-20(8-6-18)17-23-13-15-26-16-14-23/h3,5,7-14,20,25,30H,15-19H2,1-2H3,(H,28,31);1,3,5-12H,13-17H2,(H,24,25)/b5-3+;3-1+/t20-,25+;/m1./s1. The van der Waals surface area contributed by atoms with Crippen molar-refractivity contribution in [1.82, 2.24) is 15.1 Å². The summed E-state index contributed by atoms with van der Waals surface area (Å²) in [6.07, 6.45) is 6.45. The van der Waals surface area contributed by atoms with E-state index in [4.69, 9.17) is 14.6 Å². The van der Waals surface area contributed by atoms with Crippen LogP contribution >= 0.6 is 0 Å². The van der Waals surface area contributed by atoms with Gasteiger partial charge in [-0.1, -0.05) is 72.2 Å². The number of aliphatic hydroxyl groups is 1. The van der Waals surface area contributed by atoms with Gasteiger partial charge in [-0.05, 0) is 102 Å². The van der Waals surface area contributed by atoms with E-state index in [1.165, 1.54) is 25.2 Å². The van der Waals surface area contributed by atoms with Crippen molar-refractivity contribution in [1.29, 1.82) is 0 Å². The van der Waals surface area contributed by atoms with E-state index < -0.39 is 30.0 Å². The summed E-state index contributed by atoms with van der Waals surface area (Å²) in [7, 11) is 1.20. The molecule has 0 radical (unpaired) electrons. The largest absolute Gasteiger partial charge is 0.478 e. The average Bonchev–Trinajstić information content (AvgIpc) is 3.28. The topological polar surface area (TPSA) is 138 Å². The van der Waals surface area contributed by atoms with E-state index in [1.54, 1.807) is 54.6 Å². The molecule has 4 aromatic rings. The maximum Gasteiger partial charge on any atom is 0.335 e. The number of carboxylic acids is 1. The lowest BCUT2D eigenvalue weighted by atomic mass is 10.1. The van der Waals surface area contributed by atoms with E-state index >= 15 is 0 Å². The van der Waals surface area contributed by atoms with Gasteiger partial charge in [0.2, 0.25) is 0 Å². The maximum absolute atomic E-state index is 12.4. The third-order valence-electron chi connectivity index (χ3n) is 9.63. The molecule has 0 bridgehead atoms. The van der Waals surface area contributed by atoms with Gasteiger partial charge in [0.1, 0.15) is 0 Å². The zero-order valence-corrected chi connectivity index (χ0v) is 34.0. The second-order valence-electron chi connectivity index (χ2n) is 14.1. The lowest BCUT2D eigenvalue weighted by Crippen LogP contribution is -2.48. The molecule has 0 aromatic heterocycles. The maximum atomic E-state index is 12.4. The molecule has 3 N–H and O–H groups in total. The van der Waals surface area contributed by atoms with E-state index in [2.05, 4.69) is 92.1 Å². The molecule has 2 heterocycles. The van der Waals surface area contributed by atoms with Gasteiger partial charge in [-0.15, -0.1) is 0 Å². The number of hydrogen-bond acceptors (Lipinski definition) is 9. The second kappa shape index (κ2) is 23.9. The van der Waals surface area contributed by atoms with Crippen molar-refractivity contribution >= 4 is 30.0 Å². The first-order valence-corrected chi connectivity index (χ1v) is 19.8. The number of esters is 1. The van der Waals surface area contributed by atoms with Crippen molar-refractivity contribution in [3.63, 3.8) is 0 Å². The third kappa shape index (κ3) is 15.1. The van der Waals surface area contributed by atoms with Crippen molar-refractivity contribution < 1.29 is 38.8 Å². The van der Waals surface area contributed by atoms with Gasteiger partial charge in [0, 0.05) is 56.0 Å². The van der Waals surface area contributed by atoms with Gasteiger partial charge in [0.25, 0.3) is 5.91 Å². The lowest BCUT2D eigenvalue weighted by molar-refractivity contribution is -0.145. The van der Waals surface area contributed by atoms with Gasteiger partial charge in [0.15, 0.2) is 6.04 Å². The van der Waals surface area contributed by atoms with E-state index in [-0.39, 0.29) is 5.56 Å². The van der Waals surface area contributed by atoms with Crippen LogP contribution in [0, 0.1) is 23.7 Å². The molecule has 2 saturated heterocycles. The molecule has 0 spiro atoms. The molecule has 6 rings (SSSR count). The molecule has 60 heavy (non-hydrogen) atoms. The monoisotopic (exact) mass is 809 g/mol. The Balaban J connectivity index is 0.000000236. The first kappa shape index (κ1) is 44.8. The second-order valence-corrected chi connectivity index (χ2v) is 14.1. The molecule has 11 nitrogen and oxygen atoms in total. The number of benzene rings is 4. The Hall–Kier alpha value is -6.31. The quantitative estimate of drug-likeness (QED) is 0.131. The van der Waals surface area contributed by atoms with Crippen LogP contribution in [0.3, 0.4) is 0 Å². The van der Waals surface area contributed by atoms with E-state index in [0.29, 0.717) is 5.56 Å². The molecule has 2 aliphatic heterocycles. The Bertz CT molecular complexity index is 2180. The highest BCUT2D eigenvalue weighted by Crippen LogP contribution is 2.12. The van der Waals surface area contributed by atoms with Crippen LogP contribution in [0.25, 0.3) is 12.2 Å². The molecule has 0 saturated carbocycles. The number of amides is 1. The van der Waals surface area contributed by atoms with Crippen molar-refractivity contribution in [3.05, 3.63) is 154 Å². The molecular formula is C49H51N3O8. The molecular weight excluding hydrogens is 759 g/mol. The van der Waals surface area contributed by atoms with Gasteiger partial charge in [-0.2, -0.15) is 0 Å². The molecule has 2 aliphatic rings. The van der Waals surface area contributed by atoms with Crippen LogP contribution in [0.15, 0.2) is 109 Å². The van der Waals surface area contributed by atoms with Crippen LogP contribution < -0.4 is 5.32 Å². The van der Waals surface area contributed by atoms with Crippen LogP contribution in [0.4, 0.5) is 0 Å². The van der Waals surface area contributed by atoms with Crippen molar-refractivity contribution in [2.24, 2.45) is 0 Å². The number of rotatable bonds is 11. The zero-order valence-electron chi connectivity index (χ0n) is 34.0. The summed E-state index contributed by atoms with van der Waals surface area (Å²) in [5, 5.41) is 21.0. The molecule has 1 amide bonds. The van der Waals surface area contributed by atoms with E-state index in [9.17, 15) is 19.5 Å². The molecule has 0 aliphatic carbocycles. The minimum absolute atomic E-state index is 0.267. The number of methoxy groups -OCH3 is 1. The van der Waals surface area contributed by atoms with Gasteiger partial charge in [-0.3, -0.25) is 14.6 Å². The summed E-state index contributed by atoms with van der Waals surface area (Å²) in [6.45, 7) is 10.5. The van der Waals surface area contributed by atoms with Gasteiger partial charge < -0.3 is 29.7 Å². The smallest absolute Gasteiger partial charge is 0.335 e. The van der Waals surface area contributed by atoms with Crippen molar-refractivity contribution in [2.75, 3.05) is 59.7 Å². The molecule has 310 valence electrons. The summed E-state index contributed by atoms with van der Waals surface area (Å²) in [6, 6.07) is 29.0. The summed E-state index contributed by atoms with van der Waals surface area (Å²) in [5.41, 5.74) is 6.92. The number of carboxylic acid groups (broad SMARTS) is 1. The fourth-order valence-corrected chi connectivity index (χ4v) is 6.16. The van der Waals surface area contributed by atoms with Gasteiger partial charge in [0.05, 0.1) is 45.2 Å². The van der Waals surface area contributed by atoms with Crippen molar-refractivity contribution in [2.45, 2.75) is 32.2 Å². The summed E-state index contributed by atoms with van der Waals surface area (Å²) < 4.78 is 15.4. The molecule has 0 unspecified atom stereocenters. The normalized spacial score (nSPS) is 15.3. The number of hydrogen-bond donors (Lipinski definition) is 3. The number of allylic oxidation sites excluding steroid dienone is 2. The molecule has 11 heteroatoms. The Labute approximate surface area is 352 Å². The highest BCUT2D eigenvalue weighted by Gasteiger charge is 2.26. The predicted molar refractivity (Wildman–Crippen MR) is 232 cm³/mol. The first-order chi connectivity index (χ1) is 29.2. The SMILES string of the molecule is COC(=O)[C@@H](NC(=O)c1ccc(C#C/C=C/c2ccc(CN3CCOCC3)cc2)cc1)[C@@H](C)O.O=C(O)c1ccc(C#C/C=C/c2ccc(CN3CCOCC3)cc2)cc1. The Morgan fingerprint density at radius 2 is 1.10 bits per heavy atom. The Kier molecular flexibility index (Phi) is 17.9. The fraction of sp³-hybridized carbons (Fsp3) is 0.286. The highest BCUT2D eigenvalue weighted by atomic mass is 16.5. The minimum atomic E-state index is -1.13. The molecule has 4 aromatic carbocycles. The van der Waals surface area contributed by atoms with Crippen LogP contribution in [0.1, 0.15) is 61.0 Å². The first-order valence-electron chi connectivity index (χ1n) is 19.8. The van der Waals surface area contributed by atoms with E-state index in [0.717, 1.165) is 87.9 Å². The van der Waals surface area contributed by atoms with Crippen LogP contribution in [-0.4, -0.2) is 110 Å². The number of aromatic carboxylic acids is 1. The van der Waals surface area contributed by atoms with Crippen LogP contribution in [-0.2, 0) is 32.1 Å². The number of nitrogens with zero attached hydrogens (tertiary/aromatic N) is 2. The fourth-order valence-electron chi connectivity index (χ4n) is 6.16. The molecule has 2 atom stereocenters. The Morgan fingerprint density at radius 1 is 0.683 bits per heavy atom.